The van der Waals surface area contributed by atoms with Gasteiger partial charge in [-0.15, -0.1) is 0 Å². The summed E-state index contributed by atoms with van der Waals surface area (Å²) >= 11 is 0. The smallest absolute Gasteiger partial charge is 0.323 e. The number of nitrogen functional groups attached to an aromatic ring is 1. The second-order valence-electron chi connectivity index (χ2n) is 6.30. The Hall–Kier alpha value is -2.46. The van der Waals surface area contributed by atoms with E-state index in [9.17, 15) is 14.7 Å². The van der Waals surface area contributed by atoms with E-state index in [1.807, 2.05) is 13.8 Å². The summed E-state index contributed by atoms with van der Waals surface area (Å²) in [4.78, 5) is 33.9. The van der Waals surface area contributed by atoms with Crippen molar-refractivity contribution in [2.75, 3.05) is 18.9 Å². The van der Waals surface area contributed by atoms with Gasteiger partial charge in [0.2, 0.25) is 5.95 Å². The number of esters is 1. The Balaban J connectivity index is 1.99. The third kappa shape index (κ3) is 4.54. The molecule has 138 valence electrons. The van der Waals surface area contributed by atoms with Crippen LogP contribution in [0.5, 0.6) is 0 Å². The van der Waals surface area contributed by atoms with Crippen LogP contribution in [0.25, 0.3) is 11.2 Å². The Bertz CT molecular complexity index is 784. The van der Waals surface area contributed by atoms with Gasteiger partial charge in [0.1, 0.15) is 11.7 Å². The number of aromatic nitrogens is 4. The minimum absolute atomic E-state index is 0.00333. The number of carbonyl (C=O) groups is 1. The van der Waals surface area contributed by atoms with Crippen LogP contribution >= 0.6 is 0 Å². The van der Waals surface area contributed by atoms with Gasteiger partial charge in [0, 0.05) is 19.1 Å². The fourth-order valence-electron chi connectivity index (χ4n) is 2.33. The number of ether oxygens (including phenoxy) is 1. The molecule has 0 aliphatic rings. The summed E-state index contributed by atoms with van der Waals surface area (Å²) in [6.45, 7) is 4.09. The van der Waals surface area contributed by atoms with Crippen LogP contribution in [0.1, 0.15) is 20.3 Å². The molecule has 10 heteroatoms. The third-order valence-corrected chi connectivity index (χ3v) is 3.98. The van der Waals surface area contributed by atoms with E-state index in [4.69, 9.17) is 16.2 Å². The van der Waals surface area contributed by atoms with Gasteiger partial charge in [-0.05, 0) is 12.3 Å². The Kier molecular flexibility index (Phi) is 6.10. The fraction of sp³-hybridized carbons (Fsp3) is 0.600. The lowest BCUT2D eigenvalue weighted by Crippen LogP contribution is -2.37. The van der Waals surface area contributed by atoms with E-state index in [1.54, 1.807) is 4.57 Å². The molecule has 2 rings (SSSR count). The number of aliphatic hydroxyl groups is 1. The predicted molar refractivity (Wildman–Crippen MR) is 91.5 cm³/mol. The molecule has 0 aliphatic heterocycles. The molecular weight excluding hydrogens is 328 g/mol. The summed E-state index contributed by atoms with van der Waals surface area (Å²) in [6.07, 6.45) is 1.92. The Morgan fingerprint density at radius 3 is 2.84 bits per heavy atom. The van der Waals surface area contributed by atoms with Crippen LogP contribution in [0.3, 0.4) is 0 Å². The van der Waals surface area contributed by atoms with E-state index < -0.39 is 17.6 Å². The molecule has 2 heterocycles. The maximum absolute atomic E-state index is 11.7. The summed E-state index contributed by atoms with van der Waals surface area (Å²) in [6, 6.07) is -0.661. The van der Waals surface area contributed by atoms with Crippen LogP contribution in [0, 0.1) is 11.8 Å². The summed E-state index contributed by atoms with van der Waals surface area (Å²) in [5, 5.41) is 9.56. The van der Waals surface area contributed by atoms with Crippen molar-refractivity contribution in [2.24, 2.45) is 17.6 Å². The topological polar surface area (TPSA) is 162 Å². The number of aliphatic hydroxyl groups excluding tert-OH is 1. The summed E-state index contributed by atoms with van der Waals surface area (Å²) in [7, 11) is 0. The van der Waals surface area contributed by atoms with Gasteiger partial charge in [-0.25, -0.2) is 4.98 Å². The maximum atomic E-state index is 11.7. The molecule has 25 heavy (non-hydrogen) atoms. The lowest BCUT2D eigenvalue weighted by Gasteiger charge is -2.17. The normalized spacial score (nSPS) is 14.0. The van der Waals surface area contributed by atoms with Gasteiger partial charge in [-0.2, -0.15) is 4.98 Å². The van der Waals surface area contributed by atoms with Crippen molar-refractivity contribution >= 4 is 23.1 Å². The summed E-state index contributed by atoms with van der Waals surface area (Å²) in [5.41, 5.74) is 11.4. The molecule has 0 unspecified atom stereocenters. The summed E-state index contributed by atoms with van der Waals surface area (Å²) in [5.74, 6) is -0.660. The number of nitrogens with one attached hydrogen (secondary N) is 1. The van der Waals surface area contributed by atoms with Crippen molar-refractivity contribution in [3.8, 4) is 0 Å². The standard InChI is InChI=1S/C15H24N6O4/c1-8(2)10(16)14(24)25-4-3-9(6-22)5-21-7-18-11-12(21)19-15(17)20-13(11)23/h7-10,22H,3-6,16H2,1-2H3,(H3,17,19,20,23)/t9-,10+/m1/s1. The molecule has 2 aromatic rings. The second-order valence-corrected chi connectivity index (χ2v) is 6.30. The first-order valence-corrected chi connectivity index (χ1v) is 8.07. The molecule has 0 amide bonds. The van der Waals surface area contributed by atoms with Gasteiger partial charge in [0.25, 0.3) is 0 Å². The lowest BCUT2D eigenvalue weighted by atomic mass is 10.1. The Morgan fingerprint density at radius 2 is 2.20 bits per heavy atom. The van der Waals surface area contributed by atoms with Crippen molar-refractivity contribution in [3.05, 3.63) is 16.7 Å². The molecule has 0 aromatic carbocycles. The fourth-order valence-corrected chi connectivity index (χ4v) is 2.33. The van der Waals surface area contributed by atoms with Gasteiger partial charge >= 0.3 is 11.5 Å². The van der Waals surface area contributed by atoms with Crippen LogP contribution < -0.4 is 17.0 Å². The average Bonchev–Trinajstić information content (AvgIpc) is 2.95. The second kappa shape index (κ2) is 8.08. The third-order valence-electron chi connectivity index (χ3n) is 3.98. The molecule has 0 aliphatic carbocycles. The highest BCUT2D eigenvalue weighted by atomic mass is 16.5. The number of H-pyrrole nitrogens is 1. The van der Waals surface area contributed by atoms with Crippen LogP contribution in [0.4, 0.5) is 5.95 Å². The molecule has 2 atom stereocenters. The molecular formula is C15H24N6O4. The first-order chi connectivity index (χ1) is 11.8. The number of anilines is 1. The van der Waals surface area contributed by atoms with E-state index in [0.29, 0.717) is 18.6 Å². The highest BCUT2D eigenvalue weighted by Crippen LogP contribution is 2.12. The number of hydrogen-bond acceptors (Lipinski definition) is 8. The quantitative estimate of drug-likeness (QED) is 0.450. The molecule has 0 radical (unpaired) electrons. The van der Waals surface area contributed by atoms with Crippen LogP contribution in [-0.4, -0.2) is 49.9 Å². The zero-order chi connectivity index (χ0) is 18.6. The molecule has 2 aromatic heterocycles. The molecule has 0 saturated heterocycles. The molecule has 0 spiro atoms. The van der Waals surface area contributed by atoms with Crippen LogP contribution in [0.15, 0.2) is 11.1 Å². The lowest BCUT2D eigenvalue weighted by molar-refractivity contribution is -0.146. The highest BCUT2D eigenvalue weighted by Gasteiger charge is 2.19. The number of fused-ring (bicyclic) bond motifs is 1. The molecule has 10 nitrogen and oxygen atoms in total. The van der Waals surface area contributed by atoms with Gasteiger partial charge in [0.15, 0.2) is 5.52 Å². The van der Waals surface area contributed by atoms with E-state index in [-0.39, 0.29) is 36.5 Å². The first-order valence-electron chi connectivity index (χ1n) is 8.07. The van der Waals surface area contributed by atoms with Crippen molar-refractivity contribution in [1.82, 2.24) is 19.5 Å². The number of nitrogens with two attached hydrogens (primary N) is 2. The van der Waals surface area contributed by atoms with Gasteiger partial charge in [-0.3, -0.25) is 9.59 Å². The highest BCUT2D eigenvalue weighted by molar-refractivity contribution is 5.75. The molecule has 0 bridgehead atoms. The average molecular weight is 352 g/mol. The van der Waals surface area contributed by atoms with Gasteiger partial charge in [0.05, 0.1) is 12.9 Å². The zero-order valence-electron chi connectivity index (χ0n) is 14.3. The number of carbonyl (C=O) groups excluding carboxylic acids is 1. The molecule has 0 fully saturated rings. The number of imidazole rings is 1. The first kappa shape index (κ1) is 18.9. The van der Waals surface area contributed by atoms with Crippen molar-refractivity contribution in [2.45, 2.75) is 32.9 Å². The zero-order valence-corrected chi connectivity index (χ0v) is 14.3. The van der Waals surface area contributed by atoms with E-state index in [0.717, 1.165) is 0 Å². The maximum Gasteiger partial charge on any atom is 0.323 e. The Labute approximate surface area is 144 Å². The number of hydrogen-bond donors (Lipinski definition) is 4. The van der Waals surface area contributed by atoms with Gasteiger partial charge < -0.3 is 30.9 Å². The van der Waals surface area contributed by atoms with Crippen molar-refractivity contribution in [1.29, 1.82) is 0 Å². The van der Waals surface area contributed by atoms with Crippen LogP contribution in [-0.2, 0) is 16.1 Å². The minimum atomic E-state index is -0.661. The minimum Gasteiger partial charge on any atom is -0.465 e. The SMILES string of the molecule is CC(C)[C@H](N)C(=O)OCC[C@@H](CO)Cn1cnc2c(=O)nc(N)[nH]c21. The van der Waals surface area contributed by atoms with E-state index in [1.165, 1.54) is 6.33 Å². The van der Waals surface area contributed by atoms with Gasteiger partial charge in [-0.1, -0.05) is 13.8 Å². The van der Waals surface area contributed by atoms with E-state index >= 15 is 0 Å². The largest absolute Gasteiger partial charge is 0.465 e. The summed E-state index contributed by atoms with van der Waals surface area (Å²) < 4.78 is 6.83. The number of aromatic amines is 1. The monoisotopic (exact) mass is 352 g/mol. The molecule has 0 saturated carbocycles. The number of rotatable bonds is 8. The molecule has 6 N–H and O–H groups in total. The number of nitrogens with zero attached hydrogens (tertiary/aromatic N) is 3. The van der Waals surface area contributed by atoms with Crippen LogP contribution in [0.2, 0.25) is 0 Å². The Morgan fingerprint density at radius 1 is 1.48 bits per heavy atom. The predicted octanol–water partition coefficient (Wildman–Crippen LogP) is -0.773. The van der Waals surface area contributed by atoms with Crippen molar-refractivity contribution in [3.63, 3.8) is 0 Å². The van der Waals surface area contributed by atoms with E-state index in [2.05, 4.69) is 15.0 Å². The van der Waals surface area contributed by atoms with Crippen molar-refractivity contribution < 1.29 is 14.6 Å².